The summed E-state index contributed by atoms with van der Waals surface area (Å²) in [5, 5.41) is 11.5. The second-order valence-electron chi connectivity index (χ2n) is 7.55. The van der Waals surface area contributed by atoms with E-state index in [0.29, 0.717) is 0 Å². The molecular weight excluding hydrogens is 380 g/mol. The number of rotatable bonds is 7. The smallest absolute Gasteiger partial charge is 0.190 e. The molecule has 3 aromatic rings. The van der Waals surface area contributed by atoms with Crippen molar-refractivity contribution in [1.82, 2.24) is 20.6 Å². The number of hydrogen-bond donors (Lipinski definition) is 3. The van der Waals surface area contributed by atoms with Crippen molar-refractivity contribution in [2.75, 3.05) is 38.1 Å². The minimum absolute atomic E-state index is 0.828. The highest BCUT2D eigenvalue weighted by Gasteiger charge is 2.15. The van der Waals surface area contributed by atoms with Crippen molar-refractivity contribution < 1.29 is 0 Å². The van der Waals surface area contributed by atoms with Crippen LogP contribution in [0.2, 0.25) is 0 Å². The van der Waals surface area contributed by atoms with Crippen LogP contribution in [0.5, 0.6) is 0 Å². The zero-order chi connectivity index (χ0) is 20.1. The monoisotopic (exact) mass is 410 g/mol. The second-order valence-corrected chi connectivity index (χ2v) is 8.39. The Bertz CT molecular complexity index is 967. The van der Waals surface area contributed by atoms with Gasteiger partial charge in [-0.2, -0.15) is 0 Å². The Hall–Kier alpha value is -2.54. The number of nitrogens with one attached hydrogen (secondary N) is 3. The number of fused-ring (bicyclic) bond motifs is 1. The molecule has 1 fully saturated rings. The fraction of sp³-hybridized carbons (Fsp3) is 0.455. The molecule has 0 unspecified atom stereocenters. The Kier molecular flexibility index (Phi) is 6.34. The SMILES string of the molecule is CN=C(NCCc1csc(N2CCCC2)n1)NCCc1c[nH]c2c(C)cccc12. The third kappa shape index (κ3) is 4.72. The average Bonchev–Trinajstić information content (AvgIpc) is 3.48. The van der Waals surface area contributed by atoms with Gasteiger partial charge >= 0.3 is 0 Å². The Morgan fingerprint density at radius 3 is 2.79 bits per heavy atom. The molecule has 0 amide bonds. The number of hydrogen-bond acceptors (Lipinski definition) is 4. The lowest BCUT2D eigenvalue weighted by Gasteiger charge is -2.12. The van der Waals surface area contributed by atoms with E-state index in [1.165, 1.54) is 40.0 Å². The number of anilines is 1. The first-order chi connectivity index (χ1) is 14.2. The Morgan fingerprint density at radius 1 is 1.21 bits per heavy atom. The van der Waals surface area contributed by atoms with Gasteiger partial charge in [-0.05, 0) is 37.3 Å². The van der Waals surface area contributed by atoms with Gasteiger partial charge < -0.3 is 20.5 Å². The summed E-state index contributed by atoms with van der Waals surface area (Å²) in [6.45, 7) is 6.12. The number of benzene rings is 1. The molecule has 2 aromatic heterocycles. The number of aliphatic imine (C=N–C) groups is 1. The van der Waals surface area contributed by atoms with E-state index in [1.807, 2.05) is 7.05 Å². The Balaban J connectivity index is 1.22. The highest BCUT2D eigenvalue weighted by Crippen LogP contribution is 2.24. The molecule has 1 aromatic carbocycles. The Labute approximate surface area is 176 Å². The molecule has 1 aliphatic rings. The molecule has 0 spiro atoms. The lowest BCUT2D eigenvalue weighted by Crippen LogP contribution is -2.39. The third-order valence-corrected chi connectivity index (χ3v) is 6.46. The van der Waals surface area contributed by atoms with Crippen molar-refractivity contribution in [2.45, 2.75) is 32.6 Å². The Morgan fingerprint density at radius 2 is 2.00 bits per heavy atom. The van der Waals surface area contributed by atoms with Crippen LogP contribution in [-0.2, 0) is 12.8 Å². The molecule has 3 heterocycles. The normalized spacial score (nSPS) is 14.7. The topological polar surface area (TPSA) is 68.3 Å². The zero-order valence-corrected chi connectivity index (χ0v) is 18.1. The highest BCUT2D eigenvalue weighted by atomic mass is 32.1. The summed E-state index contributed by atoms with van der Waals surface area (Å²) in [7, 11) is 1.82. The van der Waals surface area contributed by atoms with Crippen molar-refractivity contribution in [2.24, 2.45) is 4.99 Å². The number of guanidine groups is 1. The van der Waals surface area contributed by atoms with Gasteiger partial charge in [-0.25, -0.2) is 4.98 Å². The van der Waals surface area contributed by atoms with Crippen LogP contribution in [0.3, 0.4) is 0 Å². The van der Waals surface area contributed by atoms with Gasteiger partial charge in [0.15, 0.2) is 11.1 Å². The van der Waals surface area contributed by atoms with Crippen LogP contribution in [0.15, 0.2) is 34.8 Å². The lowest BCUT2D eigenvalue weighted by atomic mass is 10.1. The van der Waals surface area contributed by atoms with Gasteiger partial charge in [0.2, 0.25) is 0 Å². The van der Waals surface area contributed by atoms with Crippen molar-refractivity contribution in [1.29, 1.82) is 0 Å². The molecule has 4 rings (SSSR count). The molecule has 0 atom stereocenters. The zero-order valence-electron chi connectivity index (χ0n) is 17.3. The maximum absolute atomic E-state index is 4.79. The van der Waals surface area contributed by atoms with Gasteiger partial charge in [-0.15, -0.1) is 11.3 Å². The highest BCUT2D eigenvalue weighted by molar-refractivity contribution is 7.13. The molecular formula is C22H30N6S. The fourth-order valence-electron chi connectivity index (χ4n) is 3.88. The summed E-state index contributed by atoms with van der Waals surface area (Å²) >= 11 is 1.76. The van der Waals surface area contributed by atoms with Crippen LogP contribution in [0.25, 0.3) is 10.9 Å². The van der Waals surface area contributed by atoms with Crippen LogP contribution < -0.4 is 15.5 Å². The van der Waals surface area contributed by atoms with E-state index in [-0.39, 0.29) is 0 Å². The van der Waals surface area contributed by atoms with Gasteiger partial charge in [-0.1, -0.05) is 18.2 Å². The van der Waals surface area contributed by atoms with E-state index in [9.17, 15) is 0 Å². The maximum atomic E-state index is 4.79. The van der Waals surface area contributed by atoms with Crippen molar-refractivity contribution in [3.8, 4) is 0 Å². The van der Waals surface area contributed by atoms with E-state index >= 15 is 0 Å². The van der Waals surface area contributed by atoms with Crippen LogP contribution in [0, 0.1) is 6.92 Å². The first-order valence-corrected chi connectivity index (χ1v) is 11.3. The minimum atomic E-state index is 0.828. The summed E-state index contributed by atoms with van der Waals surface area (Å²) in [4.78, 5) is 14.9. The molecule has 0 aliphatic carbocycles. The van der Waals surface area contributed by atoms with Gasteiger partial charge in [0.1, 0.15) is 0 Å². The largest absolute Gasteiger partial charge is 0.361 e. The molecule has 1 saturated heterocycles. The van der Waals surface area contributed by atoms with E-state index in [1.54, 1.807) is 11.3 Å². The molecule has 0 saturated carbocycles. The number of nitrogens with zero attached hydrogens (tertiary/aromatic N) is 3. The summed E-state index contributed by atoms with van der Waals surface area (Å²) in [5.41, 5.74) is 5.02. The lowest BCUT2D eigenvalue weighted by molar-refractivity contribution is 0.778. The molecule has 0 radical (unpaired) electrons. The third-order valence-electron chi connectivity index (χ3n) is 5.51. The summed E-state index contributed by atoms with van der Waals surface area (Å²) in [6.07, 6.45) is 6.56. The summed E-state index contributed by atoms with van der Waals surface area (Å²) in [6, 6.07) is 6.45. The van der Waals surface area contributed by atoms with Gasteiger partial charge in [-0.3, -0.25) is 4.99 Å². The first kappa shape index (κ1) is 19.8. The number of aryl methyl sites for hydroxylation is 1. The van der Waals surface area contributed by atoms with E-state index in [2.05, 4.69) is 62.2 Å². The molecule has 29 heavy (non-hydrogen) atoms. The van der Waals surface area contributed by atoms with Crippen LogP contribution >= 0.6 is 11.3 Å². The van der Waals surface area contributed by atoms with E-state index in [0.717, 1.165) is 50.7 Å². The second kappa shape index (κ2) is 9.31. The van der Waals surface area contributed by atoms with Crippen LogP contribution in [0.4, 0.5) is 5.13 Å². The molecule has 3 N–H and O–H groups in total. The number of aromatic amines is 1. The number of para-hydroxylation sites is 1. The molecule has 6 nitrogen and oxygen atoms in total. The van der Waals surface area contributed by atoms with Gasteiger partial charge in [0, 0.05) is 62.1 Å². The molecule has 154 valence electrons. The van der Waals surface area contributed by atoms with Gasteiger partial charge in [0.25, 0.3) is 0 Å². The fourth-order valence-corrected chi connectivity index (χ4v) is 4.79. The maximum Gasteiger partial charge on any atom is 0.190 e. The van der Waals surface area contributed by atoms with Crippen molar-refractivity contribution in [3.05, 3.63) is 46.6 Å². The average molecular weight is 411 g/mol. The molecule has 1 aliphatic heterocycles. The van der Waals surface area contributed by atoms with Crippen LogP contribution in [-0.4, -0.2) is 49.2 Å². The predicted molar refractivity (Wildman–Crippen MR) is 123 cm³/mol. The standard InChI is InChI=1S/C22H30N6S/c1-16-6-5-7-19-17(14-26-20(16)19)8-10-24-21(23-2)25-11-9-18-15-29-22(27-18)28-12-3-4-13-28/h5-7,14-15,26H,3-4,8-13H2,1-2H3,(H2,23,24,25). The number of thiazole rings is 1. The first-order valence-electron chi connectivity index (χ1n) is 10.4. The number of aromatic nitrogens is 2. The predicted octanol–water partition coefficient (Wildman–Crippen LogP) is 3.48. The molecule has 0 bridgehead atoms. The van der Waals surface area contributed by atoms with E-state index in [4.69, 9.17) is 4.98 Å². The van der Waals surface area contributed by atoms with Crippen molar-refractivity contribution >= 4 is 33.3 Å². The minimum Gasteiger partial charge on any atom is -0.361 e. The number of H-pyrrole nitrogens is 1. The summed E-state index contributed by atoms with van der Waals surface area (Å²) < 4.78 is 0. The van der Waals surface area contributed by atoms with Gasteiger partial charge in [0.05, 0.1) is 5.69 Å². The molecule has 7 heteroatoms. The van der Waals surface area contributed by atoms with Crippen molar-refractivity contribution in [3.63, 3.8) is 0 Å². The van der Waals surface area contributed by atoms with E-state index < -0.39 is 0 Å². The summed E-state index contributed by atoms with van der Waals surface area (Å²) in [5.74, 6) is 0.844. The quantitative estimate of drug-likeness (QED) is 0.412. The van der Waals surface area contributed by atoms with Crippen LogP contribution in [0.1, 0.15) is 29.7 Å².